The fraction of sp³-hybridized carbons (Fsp3) is 0.258. The quantitative estimate of drug-likeness (QED) is 0.174. The first-order valence-electron chi connectivity index (χ1n) is 13.0. The van der Waals surface area contributed by atoms with E-state index in [-0.39, 0.29) is 17.4 Å². The van der Waals surface area contributed by atoms with Crippen molar-refractivity contribution in [3.63, 3.8) is 0 Å². The number of benzene rings is 3. The number of hydrogen-bond donors (Lipinski definition) is 1. The average molecular weight is 541 g/mol. The van der Waals surface area contributed by atoms with Gasteiger partial charge in [0.2, 0.25) is 0 Å². The molecule has 3 heterocycles. The minimum absolute atomic E-state index is 0.0231. The van der Waals surface area contributed by atoms with Gasteiger partial charge in [-0.1, -0.05) is 36.5 Å². The molecule has 6 rings (SSSR count). The molecule has 2 atom stereocenters. The van der Waals surface area contributed by atoms with Crippen LogP contribution in [-0.2, 0) is 16.0 Å². The van der Waals surface area contributed by atoms with Crippen molar-refractivity contribution in [2.24, 2.45) is 0 Å². The number of carbonyl (C=O) groups is 2. The van der Waals surface area contributed by atoms with Gasteiger partial charge in [0, 0.05) is 12.0 Å². The van der Waals surface area contributed by atoms with Crippen molar-refractivity contribution in [2.75, 3.05) is 11.5 Å². The van der Waals surface area contributed by atoms with Crippen LogP contribution in [0.2, 0.25) is 0 Å². The topological polar surface area (TPSA) is 89.0 Å². The van der Waals surface area contributed by atoms with Gasteiger partial charge >= 0.3 is 5.91 Å². The van der Waals surface area contributed by atoms with Crippen molar-refractivity contribution in [1.29, 1.82) is 0 Å². The molecule has 0 radical (unpaired) electrons. The molecule has 0 bridgehead atoms. The highest BCUT2D eigenvalue weighted by Crippen LogP contribution is 2.45. The van der Waals surface area contributed by atoms with Crippen molar-refractivity contribution in [2.45, 2.75) is 45.8 Å². The largest absolute Gasteiger partial charge is 0.507 e. The Bertz CT molecular complexity index is 1660. The number of Topliss-reactive ketones (excluding diaryl/α,β-unsaturated/α-hetero) is 1. The number of aryl methyl sites for hydroxylation is 1. The van der Waals surface area contributed by atoms with Gasteiger partial charge in [0.05, 0.1) is 28.4 Å². The summed E-state index contributed by atoms with van der Waals surface area (Å²) < 4.78 is 12.6. The Morgan fingerprint density at radius 2 is 2.00 bits per heavy atom. The minimum atomic E-state index is -0.875. The van der Waals surface area contributed by atoms with Crippen LogP contribution in [0.3, 0.4) is 0 Å². The first-order chi connectivity index (χ1) is 18.8. The molecule has 0 spiro atoms. The molecule has 39 heavy (non-hydrogen) atoms. The lowest BCUT2D eigenvalue weighted by Crippen LogP contribution is -2.29. The molecule has 4 aromatic rings. The second-order valence-electron chi connectivity index (χ2n) is 10.0. The summed E-state index contributed by atoms with van der Waals surface area (Å²) in [6, 6.07) is 17.7. The van der Waals surface area contributed by atoms with Gasteiger partial charge in [0.15, 0.2) is 5.13 Å². The van der Waals surface area contributed by atoms with Gasteiger partial charge in [0.1, 0.15) is 23.4 Å². The van der Waals surface area contributed by atoms with Crippen LogP contribution in [-0.4, -0.2) is 34.5 Å². The van der Waals surface area contributed by atoms with Crippen LogP contribution in [0.4, 0.5) is 5.13 Å². The Morgan fingerprint density at radius 3 is 2.82 bits per heavy atom. The van der Waals surface area contributed by atoms with Crippen molar-refractivity contribution >= 4 is 44.1 Å². The van der Waals surface area contributed by atoms with Crippen LogP contribution in [0.5, 0.6) is 11.5 Å². The molecule has 1 amide bonds. The van der Waals surface area contributed by atoms with Crippen molar-refractivity contribution in [1.82, 2.24) is 4.98 Å². The van der Waals surface area contributed by atoms with Crippen LogP contribution >= 0.6 is 11.3 Å². The number of aromatic nitrogens is 1. The molecule has 1 saturated heterocycles. The number of thiazole rings is 1. The van der Waals surface area contributed by atoms with Gasteiger partial charge < -0.3 is 14.6 Å². The van der Waals surface area contributed by atoms with E-state index in [4.69, 9.17) is 14.5 Å². The maximum Gasteiger partial charge on any atom is 0.301 e. The second kappa shape index (κ2) is 9.85. The molecule has 198 valence electrons. The van der Waals surface area contributed by atoms with E-state index in [0.717, 1.165) is 33.5 Å². The number of amides is 1. The van der Waals surface area contributed by atoms with Gasteiger partial charge in [-0.2, -0.15) is 0 Å². The molecule has 3 aromatic carbocycles. The van der Waals surface area contributed by atoms with Crippen LogP contribution in [0.25, 0.3) is 16.0 Å². The summed E-state index contributed by atoms with van der Waals surface area (Å²) in [5.74, 6) is -0.307. The third-order valence-electron chi connectivity index (χ3n) is 7.00. The van der Waals surface area contributed by atoms with Crippen molar-refractivity contribution < 1.29 is 24.2 Å². The number of hydrogen-bond acceptors (Lipinski definition) is 7. The zero-order chi connectivity index (χ0) is 27.3. The number of ketones is 1. The summed E-state index contributed by atoms with van der Waals surface area (Å²) in [4.78, 5) is 33.3. The molecule has 2 aliphatic heterocycles. The van der Waals surface area contributed by atoms with E-state index in [2.05, 4.69) is 0 Å². The summed E-state index contributed by atoms with van der Waals surface area (Å²) >= 11 is 1.35. The van der Waals surface area contributed by atoms with Crippen LogP contribution in [0, 0.1) is 6.92 Å². The third kappa shape index (κ3) is 4.44. The summed E-state index contributed by atoms with van der Waals surface area (Å²) in [7, 11) is 0. The highest BCUT2D eigenvalue weighted by atomic mass is 32.1. The number of anilines is 1. The summed E-state index contributed by atoms with van der Waals surface area (Å²) in [5, 5.41) is 12.0. The number of fused-ring (bicyclic) bond motifs is 2. The highest BCUT2D eigenvalue weighted by molar-refractivity contribution is 7.22. The van der Waals surface area contributed by atoms with Gasteiger partial charge in [-0.3, -0.25) is 14.5 Å². The standard InChI is InChI=1S/C31H28N2O5S/c1-4-12-37-22-7-5-6-19(16-22)27-26(28(34)20-9-11-24-21(15-20)14-18(3)38-24)29(35)30(36)33(27)31-32-23-10-8-17(2)13-25(23)39-31/h5-11,13,15-16,18,27,34H,4,12,14H2,1-3H3/t18-,27-/m1/s1. The number of aliphatic hydroxyl groups excluding tert-OH is 1. The molecule has 0 aliphatic carbocycles. The lowest BCUT2D eigenvalue weighted by atomic mass is 9.94. The summed E-state index contributed by atoms with van der Waals surface area (Å²) in [5.41, 5.74) is 3.91. The predicted molar refractivity (Wildman–Crippen MR) is 152 cm³/mol. The molecular weight excluding hydrogens is 512 g/mol. The van der Waals surface area contributed by atoms with Crippen molar-refractivity contribution in [3.8, 4) is 11.5 Å². The molecule has 0 saturated carbocycles. The Morgan fingerprint density at radius 1 is 1.15 bits per heavy atom. The maximum atomic E-state index is 13.6. The molecule has 1 fully saturated rings. The normalized spacial score (nSPS) is 19.9. The van der Waals surface area contributed by atoms with Crippen LogP contribution in [0.1, 0.15) is 48.6 Å². The van der Waals surface area contributed by atoms with E-state index in [1.54, 1.807) is 12.1 Å². The number of rotatable bonds is 6. The van der Waals surface area contributed by atoms with Crippen molar-refractivity contribution in [3.05, 3.63) is 88.5 Å². The smallest absolute Gasteiger partial charge is 0.301 e. The van der Waals surface area contributed by atoms with E-state index in [0.29, 0.717) is 35.0 Å². The second-order valence-corrected chi connectivity index (χ2v) is 11.0. The predicted octanol–water partition coefficient (Wildman–Crippen LogP) is 6.34. The Kier molecular flexibility index (Phi) is 6.35. The van der Waals surface area contributed by atoms with Gasteiger partial charge in [-0.15, -0.1) is 0 Å². The van der Waals surface area contributed by atoms with Gasteiger partial charge in [-0.25, -0.2) is 4.98 Å². The van der Waals surface area contributed by atoms with E-state index >= 15 is 0 Å². The number of ether oxygens (including phenoxy) is 2. The Hall–Kier alpha value is -4.17. The first-order valence-corrected chi connectivity index (χ1v) is 13.9. The molecule has 1 aromatic heterocycles. The number of nitrogens with zero attached hydrogens (tertiary/aromatic N) is 2. The van der Waals surface area contributed by atoms with Crippen LogP contribution < -0.4 is 14.4 Å². The van der Waals surface area contributed by atoms with Gasteiger partial charge in [0.25, 0.3) is 5.78 Å². The van der Waals surface area contributed by atoms with E-state index in [1.165, 1.54) is 16.2 Å². The number of carbonyl (C=O) groups excluding carboxylic acids is 2. The lowest BCUT2D eigenvalue weighted by molar-refractivity contribution is -0.132. The van der Waals surface area contributed by atoms with E-state index in [1.807, 2.05) is 69.3 Å². The fourth-order valence-electron chi connectivity index (χ4n) is 5.19. The Balaban J connectivity index is 1.52. The molecular formula is C31H28N2O5S. The molecule has 2 aliphatic rings. The maximum absolute atomic E-state index is 13.6. The third-order valence-corrected chi connectivity index (χ3v) is 8.02. The molecule has 1 N–H and O–H groups in total. The molecule has 7 nitrogen and oxygen atoms in total. The summed E-state index contributed by atoms with van der Waals surface area (Å²) in [6.07, 6.45) is 1.58. The Labute approximate surface area is 230 Å². The fourth-order valence-corrected chi connectivity index (χ4v) is 6.28. The van der Waals surface area contributed by atoms with E-state index in [9.17, 15) is 14.7 Å². The number of aliphatic hydroxyl groups is 1. The zero-order valence-corrected chi connectivity index (χ0v) is 22.7. The average Bonchev–Trinajstić information content (AvgIpc) is 3.59. The monoisotopic (exact) mass is 540 g/mol. The van der Waals surface area contributed by atoms with Gasteiger partial charge in [-0.05, 0) is 79.4 Å². The SMILES string of the molecule is CCCOc1cccc([C@@H]2C(=C(O)c3ccc4c(c3)C[C@@H](C)O4)C(=O)C(=O)N2c2nc3ccc(C)cc3s2)c1. The minimum Gasteiger partial charge on any atom is -0.507 e. The molecule has 8 heteroatoms. The summed E-state index contributed by atoms with van der Waals surface area (Å²) in [6.45, 7) is 6.54. The van der Waals surface area contributed by atoms with Crippen LogP contribution in [0.15, 0.2) is 66.2 Å². The highest BCUT2D eigenvalue weighted by Gasteiger charge is 2.48. The first kappa shape index (κ1) is 25.1. The molecule has 0 unspecified atom stereocenters. The lowest BCUT2D eigenvalue weighted by Gasteiger charge is -2.23. The van der Waals surface area contributed by atoms with E-state index < -0.39 is 17.7 Å². The zero-order valence-electron chi connectivity index (χ0n) is 21.9.